The molecule has 2 N–H and O–H groups in total. The molecule has 6 heteroatoms. The Kier molecular flexibility index (Phi) is 6.47. The van der Waals surface area contributed by atoms with E-state index in [0.29, 0.717) is 19.6 Å². The summed E-state index contributed by atoms with van der Waals surface area (Å²) in [6.07, 6.45) is 2.57. The molecule has 5 rings (SSSR count). The fourth-order valence-electron chi connectivity index (χ4n) is 4.61. The third kappa shape index (κ3) is 5.06. The summed E-state index contributed by atoms with van der Waals surface area (Å²) in [5.74, 6) is 0.796. The van der Waals surface area contributed by atoms with Crippen LogP contribution in [0.25, 0.3) is 11.1 Å². The first kappa shape index (κ1) is 22.0. The highest BCUT2D eigenvalue weighted by atomic mass is 16.5. The van der Waals surface area contributed by atoms with Gasteiger partial charge in [-0.2, -0.15) is 0 Å². The van der Waals surface area contributed by atoms with Crippen LogP contribution in [0.15, 0.2) is 72.8 Å². The molecule has 0 aliphatic carbocycles. The number of piperidine rings is 1. The Bertz CT molecular complexity index is 1160. The van der Waals surface area contributed by atoms with Gasteiger partial charge in [0.1, 0.15) is 5.75 Å². The summed E-state index contributed by atoms with van der Waals surface area (Å²) in [5, 5.41) is 5.97. The number of likely N-dealkylation sites (tertiary alicyclic amines) is 1. The van der Waals surface area contributed by atoms with Crippen molar-refractivity contribution >= 4 is 17.6 Å². The first-order valence-electron chi connectivity index (χ1n) is 11.9. The van der Waals surface area contributed by atoms with Gasteiger partial charge in [0, 0.05) is 31.7 Å². The Morgan fingerprint density at radius 2 is 1.76 bits per heavy atom. The number of anilines is 1. The molecule has 2 aliphatic rings. The second kappa shape index (κ2) is 10.00. The van der Waals surface area contributed by atoms with E-state index >= 15 is 0 Å². The van der Waals surface area contributed by atoms with E-state index in [1.165, 1.54) is 11.1 Å². The molecule has 34 heavy (non-hydrogen) atoms. The number of benzene rings is 3. The number of carbonyl (C=O) groups is 2. The third-order valence-electron chi connectivity index (χ3n) is 6.55. The van der Waals surface area contributed by atoms with E-state index in [2.05, 4.69) is 47.0 Å². The minimum absolute atomic E-state index is 0.0000835. The maximum Gasteiger partial charge on any atom is 0.321 e. The van der Waals surface area contributed by atoms with Crippen molar-refractivity contribution in [3.63, 3.8) is 0 Å². The number of urea groups is 1. The zero-order valence-corrected chi connectivity index (χ0v) is 19.1. The number of fused-ring (bicyclic) bond motifs is 1. The lowest BCUT2D eigenvalue weighted by Gasteiger charge is -2.32. The maximum absolute atomic E-state index is 12.8. The summed E-state index contributed by atoms with van der Waals surface area (Å²) in [6.45, 7) is 2.34. The van der Waals surface area contributed by atoms with Crippen molar-refractivity contribution in [2.75, 3.05) is 25.0 Å². The summed E-state index contributed by atoms with van der Waals surface area (Å²) in [4.78, 5) is 27.1. The fraction of sp³-hybridized carbons (Fsp3) is 0.286. The van der Waals surface area contributed by atoms with Gasteiger partial charge in [0.15, 0.2) is 0 Å². The van der Waals surface area contributed by atoms with Gasteiger partial charge in [-0.15, -0.1) is 0 Å². The number of hydrogen-bond donors (Lipinski definition) is 2. The molecule has 0 radical (unpaired) electrons. The second-order valence-corrected chi connectivity index (χ2v) is 8.92. The van der Waals surface area contributed by atoms with Crippen LogP contribution in [-0.4, -0.2) is 36.5 Å². The van der Waals surface area contributed by atoms with Crippen molar-refractivity contribution in [2.24, 2.45) is 5.92 Å². The summed E-state index contributed by atoms with van der Waals surface area (Å²) in [5.41, 5.74) is 5.40. The number of para-hydroxylation sites is 1. The Labute approximate surface area is 199 Å². The first-order valence-corrected chi connectivity index (χ1v) is 11.9. The maximum atomic E-state index is 12.8. The zero-order chi connectivity index (χ0) is 23.3. The van der Waals surface area contributed by atoms with Gasteiger partial charge >= 0.3 is 6.03 Å². The van der Waals surface area contributed by atoms with Gasteiger partial charge in [0.2, 0.25) is 5.91 Å². The van der Waals surface area contributed by atoms with Crippen molar-refractivity contribution < 1.29 is 14.3 Å². The molecule has 0 bridgehead atoms. The minimum Gasteiger partial charge on any atom is -0.493 e. The molecule has 3 amide bonds. The molecule has 0 saturated carbocycles. The molecular weight excluding hydrogens is 426 g/mol. The largest absolute Gasteiger partial charge is 0.493 e. The normalized spacial score (nSPS) is 16.9. The smallest absolute Gasteiger partial charge is 0.321 e. The average molecular weight is 456 g/mol. The van der Waals surface area contributed by atoms with Crippen molar-refractivity contribution in [2.45, 2.75) is 25.8 Å². The summed E-state index contributed by atoms with van der Waals surface area (Å²) in [6, 6.07) is 23.9. The van der Waals surface area contributed by atoms with Gasteiger partial charge in [-0.1, -0.05) is 48.5 Å². The number of nitrogens with zero attached hydrogens (tertiary/aromatic N) is 1. The lowest BCUT2D eigenvalue weighted by molar-refractivity contribution is -0.126. The number of hydrogen-bond acceptors (Lipinski definition) is 3. The van der Waals surface area contributed by atoms with Crippen LogP contribution in [-0.2, 0) is 17.8 Å². The molecule has 2 aliphatic heterocycles. The molecule has 0 spiro atoms. The van der Waals surface area contributed by atoms with Crippen molar-refractivity contribution in [3.05, 3.63) is 83.9 Å². The lowest BCUT2D eigenvalue weighted by Crippen LogP contribution is -2.46. The van der Waals surface area contributed by atoms with Crippen LogP contribution in [0.1, 0.15) is 24.0 Å². The highest BCUT2D eigenvalue weighted by Crippen LogP contribution is 2.30. The molecular formula is C28H29N3O3. The van der Waals surface area contributed by atoms with E-state index in [-0.39, 0.29) is 17.9 Å². The van der Waals surface area contributed by atoms with Crippen LogP contribution in [0.2, 0.25) is 0 Å². The predicted molar refractivity (Wildman–Crippen MR) is 133 cm³/mol. The SMILES string of the molecule is O=C(NCc1ccc(-c2ccc3c(c2)CCO3)cc1)C1CCCN(C(=O)Nc2ccccc2)C1. The van der Waals surface area contributed by atoms with Crippen molar-refractivity contribution in [1.82, 2.24) is 10.2 Å². The molecule has 1 atom stereocenters. The van der Waals surface area contributed by atoms with Crippen molar-refractivity contribution in [3.8, 4) is 16.9 Å². The highest BCUT2D eigenvalue weighted by molar-refractivity contribution is 5.90. The van der Waals surface area contributed by atoms with E-state index in [1.807, 2.05) is 36.4 Å². The average Bonchev–Trinajstić information content (AvgIpc) is 3.36. The van der Waals surface area contributed by atoms with Gasteiger partial charge in [0.05, 0.1) is 12.5 Å². The number of amides is 3. The van der Waals surface area contributed by atoms with Gasteiger partial charge < -0.3 is 20.3 Å². The fourth-order valence-corrected chi connectivity index (χ4v) is 4.61. The summed E-state index contributed by atoms with van der Waals surface area (Å²) < 4.78 is 5.59. The molecule has 1 fully saturated rings. The Morgan fingerprint density at radius 1 is 0.971 bits per heavy atom. The van der Waals surface area contributed by atoms with Gasteiger partial charge in [-0.3, -0.25) is 4.79 Å². The van der Waals surface area contributed by atoms with Crippen LogP contribution in [0.4, 0.5) is 10.5 Å². The molecule has 174 valence electrons. The van der Waals surface area contributed by atoms with Crippen LogP contribution >= 0.6 is 0 Å². The standard InChI is InChI=1S/C28H29N3O3/c32-27(24-5-4-15-31(19-24)28(33)30-25-6-2-1-3-7-25)29-18-20-8-10-21(11-9-20)22-12-13-26-23(17-22)14-16-34-26/h1-3,6-13,17,24H,4-5,14-16,18-19H2,(H,29,32)(H,30,33). The van der Waals surface area contributed by atoms with Crippen LogP contribution < -0.4 is 15.4 Å². The van der Waals surface area contributed by atoms with E-state index in [0.717, 1.165) is 48.4 Å². The molecule has 3 aromatic rings. The lowest BCUT2D eigenvalue weighted by atomic mass is 9.97. The summed E-state index contributed by atoms with van der Waals surface area (Å²) >= 11 is 0. The number of ether oxygens (including phenoxy) is 1. The molecule has 1 saturated heterocycles. The number of carbonyl (C=O) groups excluding carboxylic acids is 2. The molecule has 1 unspecified atom stereocenters. The molecule has 3 aromatic carbocycles. The highest BCUT2D eigenvalue weighted by Gasteiger charge is 2.28. The van der Waals surface area contributed by atoms with E-state index < -0.39 is 0 Å². The molecule has 2 heterocycles. The number of rotatable bonds is 5. The van der Waals surface area contributed by atoms with Crippen molar-refractivity contribution in [1.29, 1.82) is 0 Å². The predicted octanol–water partition coefficient (Wildman–Crippen LogP) is 4.85. The number of nitrogens with one attached hydrogen (secondary N) is 2. The van der Waals surface area contributed by atoms with Crippen LogP contribution in [0, 0.1) is 5.92 Å². The second-order valence-electron chi connectivity index (χ2n) is 8.92. The van der Waals surface area contributed by atoms with Crippen LogP contribution in [0.3, 0.4) is 0 Å². The first-order chi connectivity index (χ1) is 16.7. The molecule has 6 nitrogen and oxygen atoms in total. The Morgan fingerprint density at radius 3 is 2.59 bits per heavy atom. The van der Waals surface area contributed by atoms with Gasteiger partial charge in [-0.25, -0.2) is 4.79 Å². The van der Waals surface area contributed by atoms with Crippen LogP contribution in [0.5, 0.6) is 5.75 Å². The quantitative estimate of drug-likeness (QED) is 0.578. The molecule has 0 aromatic heterocycles. The summed E-state index contributed by atoms with van der Waals surface area (Å²) in [7, 11) is 0. The monoisotopic (exact) mass is 455 g/mol. The zero-order valence-electron chi connectivity index (χ0n) is 19.1. The van der Waals surface area contributed by atoms with E-state index in [9.17, 15) is 9.59 Å². The topological polar surface area (TPSA) is 70.7 Å². The van der Waals surface area contributed by atoms with E-state index in [4.69, 9.17) is 4.74 Å². The van der Waals surface area contributed by atoms with E-state index in [1.54, 1.807) is 4.90 Å². The van der Waals surface area contributed by atoms with Gasteiger partial charge in [-0.05, 0) is 59.4 Å². The Hall–Kier alpha value is -3.80. The van der Waals surface area contributed by atoms with Gasteiger partial charge in [0.25, 0.3) is 0 Å². The minimum atomic E-state index is -0.192. The Balaban J connectivity index is 1.14. The third-order valence-corrected chi connectivity index (χ3v) is 6.55.